The third-order valence-corrected chi connectivity index (χ3v) is 4.38. The van der Waals surface area contributed by atoms with E-state index in [4.69, 9.17) is 0 Å². The fraction of sp³-hybridized carbons (Fsp3) is 0.556. The Bertz CT molecular complexity index is 480. The van der Waals surface area contributed by atoms with Crippen LogP contribution in [0.25, 0.3) is 0 Å². The first-order valence-electron chi connectivity index (χ1n) is 8.21. The Morgan fingerprint density at radius 3 is 2.50 bits per heavy atom. The van der Waals surface area contributed by atoms with E-state index >= 15 is 0 Å². The van der Waals surface area contributed by atoms with Gasteiger partial charge in [0.1, 0.15) is 6.04 Å². The van der Waals surface area contributed by atoms with Crippen molar-refractivity contribution in [3.63, 3.8) is 0 Å². The normalized spacial score (nSPS) is 16.4. The summed E-state index contributed by atoms with van der Waals surface area (Å²) < 4.78 is 0. The molecule has 1 atom stereocenters. The first kappa shape index (κ1) is 16.5. The van der Waals surface area contributed by atoms with E-state index in [0.717, 1.165) is 25.7 Å². The molecule has 1 aromatic carbocycles. The molecule has 0 saturated heterocycles. The summed E-state index contributed by atoms with van der Waals surface area (Å²) in [4.78, 5) is 23.3. The van der Waals surface area contributed by atoms with Crippen LogP contribution in [-0.2, 0) is 16.0 Å². The Morgan fingerprint density at radius 2 is 1.86 bits per heavy atom. The number of nitrogens with one attached hydrogen (secondary N) is 1. The van der Waals surface area contributed by atoms with Crippen LogP contribution in [0.4, 0.5) is 0 Å². The highest BCUT2D eigenvalue weighted by molar-refractivity contribution is 5.83. The van der Waals surface area contributed by atoms with Crippen LogP contribution in [0.2, 0.25) is 0 Å². The summed E-state index contributed by atoms with van der Waals surface area (Å²) in [5.74, 6) is -0.606. The van der Waals surface area contributed by atoms with E-state index in [2.05, 4.69) is 5.32 Å². The van der Waals surface area contributed by atoms with Crippen molar-refractivity contribution in [2.75, 3.05) is 0 Å². The zero-order valence-electron chi connectivity index (χ0n) is 13.0. The Kier molecular flexibility index (Phi) is 6.44. The monoisotopic (exact) mass is 303 g/mol. The lowest BCUT2D eigenvalue weighted by molar-refractivity contribution is -0.142. The lowest BCUT2D eigenvalue weighted by atomic mass is 10.0. The molecule has 1 aliphatic rings. The van der Waals surface area contributed by atoms with Gasteiger partial charge >= 0.3 is 5.97 Å². The van der Waals surface area contributed by atoms with Crippen LogP contribution in [0.3, 0.4) is 0 Å². The lowest BCUT2D eigenvalue weighted by Crippen LogP contribution is -2.41. The molecule has 4 heteroatoms. The zero-order valence-corrected chi connectivity index (χ0v) is 13.0. The van der Waals surface area contributed by atoms with Crippen molar-refractivity contribution >= 4 is 11.9 Å². The standard InChI is InChI=1S/C18H25NO3/c20-17(13-15-9-4-5-10-15)19-16(18(21)22)12-6-11-14-7-2-1-3-8-14/h1-3,7-8,15-16H,4-6,9-13H2,(H,19,20)(H,21,22)/t16-/m0/s1. The average molecular weight is 303 g/mol. The molecule has 1 fully saturated rings. The van der Waals surface area contributed by atoms with Gasteiger partial charge in [-0.15, -0.1) is 0 Å². The number of carbonyl (C=O) groups is 2. The summed E-state index contributed by atoms with van der Waals surface area (Å²) in [5, 5.41) is 12.0. The summed E-state index contributed by atoms with van der Waals surface area (Å²) in [5.41, 5.74) is 1.20. The number of aryl methyl sites for hydroxylation is 1. The smallest absolute Gasteiger partial charge is 0.326 e. The quantitative estimate of drug-likeness (QED) is 0.775. The van der Waals surface area contributed by atoms with Crippen LogP contribution in [0, 0.1) is 5.92 Å². The number of rotatable bonds is 8. The predicted molar refractivity (Wildman–Crippen MR) is 85.5 cm³/mol. The highest BCUT2D eigenvalue weighted by atomic mass is 16.4. The van der Waals surface area contributed by atoms with Gasteiger partial charge in [-0.3, -0.25) is 4.79 Å². The van der Waals surface area contributed by atoms with Crippen molar-refractivity contribution in [1.82, 2.24) is 5.32 Å². The molecule has 2 rings (SSSR count). The Balaban J connectivity index is 1.74. The molecule has 1 amide bonds. The topological polar surface area (TPSA) is 66.4 Å². The highest BCUT2D eigenvalue weighted by Crippen LogP contribution is 2.27. The van der Waals surface area contributed by atoms with Gasteiger partial charge in [0.2, 0.25) is 5.91 Å². The molecule has 0 radical (unpaired) electrons. The highest BCUT2D eigenvalue weighted by Gasteiger charge is 2.23. The fourth-order valence-electron chi connectivity index (χ4n) is 3.14. The number of carboxylic acid groups (broad SMARTS) is 1. The van der Waals surface area contributed by atoms with Gasteiger partial charge in [-0.05, 0) is 43.6 Å². The molecule has 1 aromatic rings. The minimum atomic E-state index is -0.937. The fourth-order valence-corrected chi connectivity index (χ4v) is 3.14. The van der Waals surface area contributed by atoms with Gasteiger partial charge in [0, 0.05) is 6.42 Å². The molecule has 1 saturated carbocycles. The first-order chi connectivity index (χ1) is 10.6. The molecule has 0 aromatic heterocycles. The maximum Gasteiger partial charge on any atom is 0.326 e. The molecule has 4 nitrogen and oxygen atoms in total. The van der Waals surface area contributed by atoms with Crippen molar-refractivity contribution in [2.45, 2.75) is 57.4 Å². The second-order valence-electron chi connectivity index (χ2n) is 6.19. The Labute approximate surface area is 131 Å². The number of hydrogen-bond donors (Lipinski definition) is 2. The van der Waals surface area contributed by atoms with Crippen LogP contribution in [0.15, 0.2) is 30.3 Å². The van der Waals surface area contributed by atoms with Crippen molar-refractivity contribution in [1.29, 1.82) is 0 Å². The van der Waals surface area contributed by atoms with E-state index in [9.17, 15) is 14.7 Å². The maximum atomic E-state index is 12.0. The molecule has 0 aliphatic heterocycles. The van der Waals surface area contributed by atoms with Crippen molar-refractivity contribution in [3.05, 3.63) is 35.9 Å². The third-order valence-electron chi connectivity index (χ3n) is 4.38. The molecule has 1 aliphatic carbocycles. The summed E-state index contributed by atoms with van der Waals surface area (Å²) in [7, 11) is 0. The average Bonchev–Trinajstić information content (AvgIpc) is 3.00. The molecule has 22 heavy (non-hydrogen) atoms. The SMILES string of the molecule is O=C(CC1CCCC1)N[C@@H](CCCc1ccccc1)C(=O)O. The molecule has 0 bridgehead atoms. The van der Waals surface area contributed by atoms with Crippen molar-refractivity contribution < 1.29 is 14.7 Å². The number of aliphatic carboxylic acids is 1. The number of carbonyl (C=O) groups excluding carboxylic acids is 1. The van der Waals surface area contributed by atoms with Gasteiger partial charge < -0.3 is 10.4 Å². The number of carboxylic acids is 1. The van der Waals surface area contributed by atoms with E-state index in [-0.39, 0.29) is 5.91 Å². The summed E-state index contributed by atoms with van der Waals surface area (Å²) in [6, 6.07) is 9.23. The lowest BCUT2D eigenvalue weighted by Gasteiger charge is -2.16. The number of benzene rings is 1. The molecular weight excluding hydrogens is 278 g/mol. The van der Waals surface area contributed by atoms with E-state index < -0.39 is 12.0 Å². The third kappa shape index (κ3) is 5.51. The second kappa shape index (κ2) is 8.57. The molecular formula is C18H25NO3. The van der Waals surface area contributed by atoms with Gasteiger partial charge in [-0.25, -0.2) is 4.79 Å². The predicted octanol–water partition coefficient (Wildman–Crippen LogP) is 3.16. The van der Waals surface area contributed by atoms with Gasteiger partial charge in [0.25, 0.3) is 0 Å². The zero-order chi connectivity index (χ0) is 15.8. The van der Waals surface area contributed by atoms with Gasteiger partial charge in [-0.2, -0.15) is 0 Å². The summed E-state index contributed by atoms with van der Waals surface area (Å²) in [6.07, 6.45) is 7.12. The number of amides is 1. The molecule has 0 unspecified atom stereocenters. The van der Waals surface area contributed by atoms with Crippen LogP contribution in [-0.4, -0.2) is 23.0 Å². The first-order valence-corrected chi connectivity index (χ1v) is 8.21. The van der Waals surface area contributed by atoms with Gasteiger partial charge in [0.05, 0.1) is 0 Å². The molecule has 0 heterocycles. The minimum absolute atomic E-state index is 0.112. The summed E-state index contributed by atoms with van der Waals surface area (Å²) in [6.45, 7) is 0. The van der Waals surface area contributed by atoms with E-state index in [1.54, 1.807) is 0 Å². The largest absolute Gasteiger partial charge is 0.480 e. The van der Waals surface area contributed by atoms with Crippen LogP contribution < -0.4 is 5.32 Å². The van der Waals surface area contributed by atoms with E-state index in [0.29, 0.717) is 18.8 Å². The van der Waals surface area contributed by atoms with Crippen LogP contribution >= 0.6 is 0 Å². The molecule has 2 N–H and O–H groups in total. The van der Waals surface area contributed by atoms with Gasteiger partial charge in [0.15, 0.2) is 0 Å². The van der Waals surface area contributed by atoms with Crippen LogP contribution in [0.1, 0.15) is 50.5 Å². The maximum absolute atomic E-state index is 12.0. The summed E-state index contributed by atoms with van der Waals surface area (Å²) >= 11 is 0. The van der Waals surface area contributed by atoms with Crippen molar-refractivity contribution in [3.8, 4) is 0 Å². The Hall–Kier alpha value is -1.84. The Morgan fingerprint density at radius 1 is 1.18 bits per heavy atom. The van der Waals surface area contributed by atoms with E-state index in [1.165, 1.54) is 18.4 Å². The number of hydrogen-bond acceptors (Lipinski definition) is 2. The molecule has 120 valence electrons. The minimum Gasteiger partial charge on any atom is -0.480 e. The van der Waals surface area contributed by atoms with Gasteiger partial charge in [-0.1, -0.05) is 43.2 Å². The van der Waals surface area contributed by atoms with Crippen molar-refractivity contribution in [2.24, 2.45) is 5.92 Å². The molecule has 0 spiro atoms. The van der Waals surface area contributed by atoms with Crippen LogP contribution in [0.5, 0.6) is 0 Å². The van der Waals surface area contributed by atoms with E-state index in [1.807, 2.05) is 30.3 Å². The second-order valence-corrected chi connectivity index (χ2v) is 6.19.